The minimum absolute atomic E-state index is 0.344. The molecule has 1 unspecified atom stereocenters. The van der Waals surface area contributed by atoms with Crippen LogP contribution in [0.25, 0.3) is 0 Å². The summed E-state index contributed by atoms with van der Waals surface area (Å²) in [5.41, 5.74) is 6.37. The minimum Gasteiger partial charge on any atom is -0.388 e. The molecule has 0 spiro atoms. The smallest absolute Gasteiger partial charge is 0.123 e. The third kappa shape index (κ3) is 2.46. The van der Waals surface area contributed by atoms with Gasteiger partial charge in [-0.25, -0.2) is 4.98 Å². The predicted octanol–water partition coefficient (Wildman–Crippen LogP) is 0.697. The fraction of sp³-hybridized carbons (Fsp3) is 0.545. The van der Waals surface area contributed by atoms with E-state index in [1.165, 1.54) is 0 Å². The van der Waals surface area contributed by atoms with E-state index in [4.69, 9.17) is 5.73 Å². The molecule has 0 radical (unpaired) electrons. The second-order valence-corrected chi connectivity index (χ2v) is 4.05. The quantitative estimate of drug-likeness (QED) is 0.667. The highest BCUT2D eigenvalue weighted by molar-refractivity contribution is 5.30. The molecule has 1 aliphatic rings. The third-order valence-electron chi connectivity index (χ3n) is 2.98. The standard InChI is InChI=1S/C11H17N3O/c12-10-2-1-9(7-14-10)11(15)8-3-5-13-6-4-8/h1-2,7-8,11,13,15H,3-6H2,(H2,12,14). The van der Waals surface area contributed by atoms with E-state index in [-0.39, 0.29) is 0 Å². The number of nitrogen functional groups attached to an aromatic ring is 1. The van der Waals surface area contributed by atoms with E-state index in [1.807, 2.05) is 6.07 Å². The van der Waals surface area contributed by atoms with E-state index in [0.717, 1.165) is 31.5 Å². The largest absolute Gasteiger partial charge is 0.388 e. The normalized spacial score (nSPS) is 20.1. The summed E-state index contributed by atoms with van der Waals surface area (Å²) in [5.74, 6) is 0.841. The Morgan fingerprint density at radius 1 is 1.40 bits per heavy atom. The van der Waals surface area contributed by atoms with E-state index in [9.17, 15) is 5.11 Å². The van der Waals surface area contributed by atoms with Crippen LogP contribution in [-0.2, 0) is 0 Å². The lowest BCUT2D eigenvalue weighted by Gasteiger charge is -2.27. The molecule has 4 nitrogen and oxygen atoms in total. The fourth-order valence-corrected chi connectivity index (χ4v) is 2.02. The highest BCUT2D eigenvalue weighted by atomic mass is 16.3. The van der Waals surface area contributed by atoms with Gasteiger partial charge in [0.2, 0.25) is 0 Å². The topological polar surface area (TPSA) is 71.2 Å². The molecule has 1 atom stereocenters. The van der Waals surface area contributed by atoms with Crippen LogP contribution in [0.5, 0.6) is 0 Å². The van der Waals surface area contributed by atoms with E-state index in [0.29, 0.717) is 11.7 Å². The molecule has 1 aromatic rings. The highest BCUT2D eigenvalue weighted by Gasteiger charge is 2.22. The third-order valence-corrected chi connectivity index (χ3v) is 2.98. The number of nitrogens with one attached hydrogen (secondary N) is 1. The summed E-state index contributed by atoms with van der Waals surface area (Å²) in [7, 11) is 0. The minimum atomic E-state index is -0.403. The number of aliphatic hydroxyl groups excluding tert-OH is 1. The molecule has 15 heavy (non-hydrogen) atoms. The van der Waals surface area contributed by atoms with Gasteiger partial charge in [-0.3, -0.25) is 0 Å². The van der Waals surface area contributed by atoms with Crippen molar-refractivity contribution in [2.75, 3.05) is 18.8 Å². The predicted molar refractivity (Wildman–Crippen MR) is 59.2 cm³/mol. The van der Waals surface area contributed by atoms with Gasteiger partial charge in [0.15, 0.2) is 0 Å². The van der Waals surface area contributed by atoms with Crippen LogP contribution in [0.1, 0.15) is 24.5 Å². The zero-order valence-corrected chi connectivity index (χ0v) is 8.69. The number of nitrogens with zero attached hydrogens (tertiary/aromatic N) is 1. The van der Waals surface area contributed by atoms with Gasteiger partial charge in [-0.05, 0) is 43.5 Å². The zero-order chi connectivity index (χ0) is 10.7. The lowest BCUT2D eigenvalue weighted by atomic mass is 9.89. The summed E-state index contributed by atoms with van der Waals surface area (Å²) in [6.45, 7) is 1.98. The van der Waals surface area contributed by atoms with Crippen LogP contribution in [0, 0.1) is 5.92 Å². The molecule has 1 aliphatic heterocycles. The van der Waals surface area contributed by atoms with Gasteiger partial charge in [0.05, 0.1) is 6.10 Å². The first-order valence-corrected chi connectivity index (χ1v) is 5.37. The first-order chi connectivity index (χ1) is 7.27. The van der Waals surface area contributed by atoms with Gasteiger partial charge < -0.3 is 16.2 Å². The molecule has 4 N–H and O–H groups in total. The number of rotatable bonds is 2. The van der Waals surface area contributed by atoms with Crippen molar-refractivity contribution in [1.29, 1.82) is 0 Å². The van der Waals surface area contributed by atoms with Crippen molar-refractivity contribution in [3.63, 3.8) is 0 Å². The molecule has 82 valence electrons. The molecule has 1 fully saturated rings. The number of anilines is 1. The molecule has 1 saturated heterocycles. The van der Waals surface area contributed by atoms with Crippen LogP contribution in [0.2, 0.25) is 0 Å². The van der Waals surface area contributed by atoms with Crippen LogP contribution in [0.4, 0.5) is 5.82 Å². The van der Waals surface area contributed by atoms with E-state index in [2.05, 4.69) is 10.3 Å². The van der Waals surface area contributed by atoms with Gasteiger partial charge in [-0.2, -0.15) is 0 Å². The molecule has 2 rings (SSSR count). The van der Waals surface area contributed by atoms with Crippen molar-refractivity contribution in [1.82, 2.24) is 10.3 Å². The molecular weight excluding hydrogens is 190 g/mol. The Morgan fingerprint density at radius 3 is 2.73 bits per heavy atom. The molecule has 0 saturated carbocycles. The Labute approximate surface area is 89.5 Å². The van der Waals surface area contributed by atoms with Crippen LogP contribution in [0.3, 0.4) is 0 Å². The number of pyridine rings is 1. The fourth-order valence-electron chi connectivity index (χ4n) is 2.02. The second-order valence-electron chi connectivity index (χ2n) is 4.05. The number of aromatic nitrogens is 1. The summed E-state index contributed by atoms with van der Waals surface area (Å²) in [4.78, 5) is 4.00. The van der Waals surface area contributed by atoms with Crippen molar-refractivity contribution in [2.45, 2.75) is 18.9 Å². The summed E-state index contributed by atoms with van der Waals surface area (Å²) in [6.07, 6.45) is 3.30. The molecule has 1 aromatic heterocycles. The van der Waals surface area contributed by atoms with E-state index >= 15 is 0 Å². The Balaban J connectivity index is 2.05. The molecular formula is C11H17N3O. The van der Waals surface area contributed by atoms with Crippen LogP contribution in [0.15, 0.2) is 18.3 Å². The van der Waals surface area contributed by atoms with Crippen LogP contribution >= 0.6 is 0 Å². The molecule has 4 heteroatoms. The maximum absolute atomic E-state index is 10.1. The van der Waals surface area contributed by atoms with Crippen LogP contribution < -0.4 is 11.1 Å². The lowest BCUT2D eigenvalue weighted by molar-refractivity contribution is 0.0886. The van der Waals surface area contributed by atoms with Crippen molar-refractivity contribution in [3.05, 3.63) is 23.9 Å². The number of piperidine rings is 1. The Kier molecular flexibility index (Phi) is 3.18. The van der Waals surface area contributed by atoms with Gasteiger partial charge in [0, 0.05) is 6.20 Å². The Morgan fingerprint density at radius 2 is 2.13 bits per heavy atom. The summed E-state index contributed by atoms with van der Waals surface area (Å²) in [5, 5.41) is 13.4. The number of aliphatic hydroxyl groups is 1. The van der Waals surface area contributed by atoms with Gasteiger partial charge in [-0.1, -0.05) is 6.07 Å². The summed E-state index contributed by atoms with van der Waals surface area (Å²) >= 11 is 0. The SMILES string of the molecule is Nc1ccc(C(O)C2CCNCC2)cn1. The van der Waals surface area contributed by atoms with E-state index in [1.54, 1.807) is 12.3 Å². The van der Waals surface area contributed by atoms with Crippen molar-refractivity contribution >= 4 is 5.82 Å². The van der Waals surface area contributed by atoms with Crippen molar-refractivity contribution in [3.8, 4) is 0 Å². The molecule has 0 amide bonds. The lowest BCUT2D eigenvalue weighted by Crippen LogP contribution is -2.30. The molecule has 2 heterocycles. The number of hydrogen-bond acceptors (Lipinski definition) is 4. The first kappa shape index (κ1) is 10.4. The first-order valence-electron chi connectivity index (χ1n) is 5.37. The van der Waals surface area contributed by atoms with Crippen LogP contribution in [-0.4, -0.2) is 23.2 Å². The maximum atomic E-state index is 10.1. The van der Waals surface area contributed by atoms with Gasteiger partial charge in [0.25, 0.3) is 0 Å². The van der Waals surface area contributed by atoms with Crippen molar-refractivity contribution < 1.29 is 5.11 Å². The average Bonchev–Trinajstić information content (AvgIpc) is 2.30. The van der Waals surface area contributed by atoms with Crippen molar-refractivity contribution in [2.24, 2.45) is 5.92 Å². The average molecular weight is 207 g/mol. The zero-order valence-electron chi connectivity index (χ0n) is 8.69. The summed E-state index contributed by atoms with van der Waals surface area (Å²) < 4.78 is 0. The Hall–Kier alpha value is -1.13. The van der Waals surface area contributed by atoms with Gasteiger partial charge in [-0.15, -0.1) is 0 Å². The maximum Gasteiger partial charge on any atom is 0.123 e. The summed E-state index contributed by atoms with van der Waals surface area (Å²) in [6, 6.07) is 3.59. The Bertz CT molecular complexity index is 306. The molecule has 0 aliphatic carbocycles. The number of hydrogen-bond donors (Lipinski definition) is 3. The van der Waals surface area contributed by atoms with E-state index < -0.39 is 6.10 Å². The number of nitrogens with two attached hydrogens (primary N) is 1. The highest BCUT2D eigenvalue weighted by Crippen LogP contribution is 2.28. The monoisotopic (exact) mass is 207 g/mol. The van der Waals surface area contributed by atoms with Gasteiger partial charge in [0.1, 0.15) is 5.82 Å². The molecule has 0 aromatic carbocycles. The second kappa shape index (κ2) is 4.59. The molecule has 0 bridgehead atoms. The van der Waals surface area contributed by atoms with Gasteiger partial charge >= 0.3 is 0 Å².